The van der Waals surface area contributed by atoms with Crippen molar-refractivity contribution >= 4 is 0 Å². The Kier molecular flexibility index (Phi) is 6.58. The highest BCUT2D eigenvalue weighted by atomic mass is 15.3. The highest BCUT2D eigenvalue weighted by molar-refractivity contribution is 5.07. The van der Waals surface area contributed by atoms with Crippen molar-refractivity contribution in [3.63, 3.8) is 0 Å². The van der Waals surface area contributed by atoms with Gasteiger partial charge >= 0.3 is 0 Å². The van der Waals surface area contributed by atoms with Gasteiger partial charge in [-0.05, 0) is 50.6 Å². The summed E-state index contributed by atoms with van der Waals surface area (Å²) in [7, 11) is 0. The highest BCUT2D eigenvalue weighted by Gasteiger charge is 2.22. The number of rotatable bonds is 7. The van der Waals surface area contributed by atoms with Gasteiger partial charge in [0.25, 0.3) is 0 Å². The molecule has 2 rings (SSSR count). The number of hydrogen-bond donors (Lipinski definition) is 1. The topological polar surface area (TPSA) is 29.9 Å². The SMILES string of the molecule is CCCNC(Cc1cnn(CC)c1)C1CCCCCC1. The summed E-state index contributed by atoms with van der Waals surface area (Å²) in [6.45, 7) is 6.51. The highest BCUT2D eigenvalue weighted by Crippen LogP contribution is 2.27. The van der Waals surface area contributed by atoms with Crippen LogP contribution in [0.4, 0.5) is 0 Å². The molecule has 1 atom stereocenters. The van der Waals surface area contributed by atoms with Gasteiger partial charge in [0.15, 0.2) is 0 Å². The van der Waals surface area contributed by atoms with Crippen LogP contribution in [0.3, 0.4) is 0 Å². The van der Waals surface area contributed by atoms with Crippen LogP contribution in [-0.2, 0) is 13.0 Å². The minimum atomic E-state index is 0.641. The van der Waals surface area contributed by atoms with E-state index in [-0.39, 0.29) is 0 Å². The summed E-state index contributed by atoms with van der Waals surface area (Å²) in [5, 5.41) is 8.23. The van der Waals surface area contributed by atoms with E-state index < -0.39 is 0 Å². The minimum absolute atomic E-state index is 0.641. The Morgan fingerprint density at radius 3 is 2.60 bits per heavy atom. The molecule has 0 spiro atoms. The molecule has 0 radical (unpaired) electrons. The van der Waals surface area contributed by atoms with Gasteiger partial charge in [-0.1, -0.05) is 32.6 Å². The number of nitrogens with one attached hydrogen (secondary N) is 1. The van der Waals surface area contributed by atoms with Crippen LogP contribution >= 0.6 is 0 Å². The smallest absolute Gasteiger partial charge is 0.0522 e. The van der Waals surface area contributed by atoms with Crippen LogP contribution in [0, 0.1) is 5.92 Å². The van der Waals surface area contributed by atoms with Gasteiger partial charge in [-0.3, -0.25) is 4.68 Å². The van der Waals surface area contributed by atoms with Crippen LogP contribution in [0.25, 0.3) is 0 Å². The van der Waals surface area contributed by atoms with Crippen molar-refractivity contribution in [2.75, 3.05) is 6.54 Å². The normalized spacial score (nSPS) is 18.9. The molecular weight excluding hydrogens is 246 g/mol. The Morgan fingerprint density at radius 1 is 1.25 bits per heavy atom. The standard InChI is InChI=1S/C17H31N3/c1-3-11-18-17(16-9-7-5-6-8-10-16)12-15-13-19-20(4-2)14-15/h13-14,16-18H,3-12H2,1-2H3. The van der Waals surface area contributed by atoms with Crippen molar-refractivity contribution in [1.82, 2.24) is 15.1 Å². The summed E-state index contributed by atoms with van der Waals surface area (Å²) >= 11 is 0. The summed E-state index contributed by atoms with van der Waals surface area (Å²) in [6.07, 6.45) is 15.2. The van der Waals surface area contributed by atoms with Crippen molar-refractivity contribution in [2.45, 2.75) is 77.8 Å². The molecule has 1 saturated carbocycles. The lowest BCUT2D eigenvalue weighted by atomic mass is 9.88. The molecule has 1 fully saturated rings. The monoisotopic (exact) mass is 277 g/mol. The fraction of sp³-hybridized carbons (Fsp3) is 0.824. The maximum Gasteiger partial charge on any atom is 0.0522 e. The lowest BCUT2D eigenvalue weighted by molar-refractivity contribution is 0.317. The molecule has 1 heterocycles. The summed E-state index contributed by atoms with van der Waals surface area (Å²) in [6, 6.07) is 0.641. The first-order valence-corrected chi connectivity index (χ1v) is 8.58. The van der Waals surface area contributed by atoms with Crippen molar-refractivity contribution in [1.29, 1.82) is 0 Å². The van der Waals surface area contributed by atoms with Gasteiger partial charge in [-0.15, -0.1) is 0 Å². The van der Waals surface area contributed by atoms with Gasteiger partial charge in [0.2, 0.25) is 0 Å². The molecular formula is C17H31N3. The average molecular weight is 277 g/mol. The third kappa shape index (κ3) is 4.62. The predicted octanol–water partition coefficient (Wildman–Crippen LogP) is 3.78. The van der Waals surface area contributed by atoms with E-state index >= 15 is 0 Å². The van der Waals surface area contributed by atoms with Crippen molar-refractivity contribution in [3.05, 3.63) is 18.0 Å². The summed E-state index contributed by atoms with van der Waals surface area (Å²) in [5.41, 5.74) is 1.39. The zero-order chi connectivity index (χ0) is 14.2. The molecule has 3 nitrogen and oxygen atoms in total. The molecule has 0 amide bonds. The zero-order valence-corrected chi connectivity index (χ0v) is 13.3. The minimum Gasteiger partial charge on any atom is -0.313 e. The first kappa shape index (κ1) is 15.6. The molecule has 3 heteroatoms. The number of hydrogen-bond acceptors (Lipinski definition) is 2. The van der Waals surface area contributed by atoms with Gasteiger partial charge in [-0.2, -0.15) is 5.10 Å². The van der Waals surface area contributed by atoms with Crippen molar-refractivity contribution < 1.29 is 0 Å². The lowest BCUT2D eigenvalue weighted by Crippen LogP contribution is -2.38. The second-order valence-electron chi connectivity index (χ2n) is 6.22. The van der Waals surface area contributed by atoms with E-state index in [1.807, 2.05) is 4.68 Å². The number of nitrogens with zero attached hydrogens (tertiary/aromatic N) is 2. The Morgan fingerprint density at radius 2 is 2.00 bits per heavy atom. The molecule has 20 heavy (non-hydrogen) atoms. The van der Waals surface area contributed by atoms with Gasteiger partial charge in [0, 0.05) is 18.8 Å². The average Bonchev–Trinajstić information content (AvgIpc) is 2.75. The van der Waals surface area contributed by atoms with E-state index in [0.29, 0.717) is 6.04 Å². The van der Waals surface area contributed by atoms with E-state index in [4.69, 9.17) is 0 Å². The first-order valence-electron chi connectivity index (χ1n) is 8.58. The number of aryl methyl sites for hydroxylation is 1. The predicted molar refractivity (Wildman–Crippen MR) is 84.9 cm³/mol. The molecule has 0 aromatic carbocycles. The van der Waals surface area contributed by atoms with E-state index in [1.54, 1.807) is 0 Å². The summed E-state index contributed by atoms with van der Waals surface area (Å²) < 4.78 is 2.04. The van der Waals surface area contributed by atoms with Gasteiger partial charge in [0.1, 0.15) is 0 Å². The lowest BCUT2D eigenvalue weighted by Gasteiger charge is -2.27. The maximum absolute atomic E-state index is 4.42. The van der Waals surface area contributed by atoms with Crippen LogP contribution in [-0.4, -0.2) is 22.4 Å². The zero-order valence-electron chi connectivity index (χ0n) is 13.3. The quantitative estimate of drug-likeness (QED) is 0.769. The molecule has 0 saturated heterocycles. The molecule has 1 aromatic heterocycles. The van der Waals surface area contributed by atoms with Crippen LogP contribution in [0.5, 0.6) is 0 Å². The first-order chi connectivity index (χ1) is 9.83. The van der Waals surface area contributed by atoms with Crippen LogP contribution in [0.2, 0.25) is 0 Å². The van der Waals surface area contributed by atoms with E-state index in [9.17, 15) is 0 Å². The molecule has 0 bridgehead atoms. The molecule has 0 aliphatic heterocycles. The van der Waals surface area contributed by atoms with E-state index in [2.05, 4.69) is 36.7 Å². The van der Waals surface area contributed by atoms with E-state index in [1.165, 1.54) is 50.5 Å². The maximum atomic E-state index is 4.42. The molecule has 1 aliphatic carbocycles. The third-order valence-corrected chi connectivity index (χ3v) is 4.59. The fourth-order valence-electron chi connectivity index (χ4n) is 3.39. The third-order valence-electron chi connectivity index (χ3n) is 4.59. The van der Waals surface area contributed by atoms with Crippen LogP contribution in [0.15, 0.2) is 12.4 Å². The Bertz CT molecular complexity index is 364. The largest absolute Gasteiger partial charge is 0.313 e. The summed E-state index contributed by atoms with van der Waals surface area (Å²) in [4.78, 5) is 0. The van der Waals surface area contributed by atoms with Crippen molar-refractivity contribution in [2.24, 2.45) is 5.92 Å². The Balaban J connectivity index is 1.97. The molecule has 1 aliphatic rings. The molecule has 1 N–H and O–H groups in total. The molecule has 1 unspecified atom stereocenters. The van der Waals surface area contributed by atoms with Gasteiger partial charge < -0.3 is 5.32 Å². The number of aromatic nitrogens is 2. The fourth-order valence-corrected chi connectivity index (χ4v) is 3.39. The summed E-state index contributed by atoms with van der Waals surface area (Å²) in [5.74, 6) is 0.856. The van der Waals surface area contributed by atoms with Gasteiger partial charge in [0.05, 0.1) is 6.20 Å². The Hall–Kier alpha value is -0.830. The Labute approximate surface area is 124 Å². The van der Waals surface area contributed by atoms with E-state index in [0.717, 1.165) is 25.4 Å². The van der Waals surface area contributed by atoms with Crippen molar-refractivity contribution in [3.8, 4) is 0 Å². The second-order valence-corrected chi connectivity index (χ2v) is 6.22. The molecule has 114 valence electrons. The van der Waals surface area contributed by atoms with Crippen LogP contribution in [0.1, 0.15) is 64.4 Å². The van der Waals surface area contributed by atoms with Crippen LogP contribution < -0.4 is 5.32 Å². The second kappa shape index (κ2) is 8.46. The van der Waals surface area contributed by atoms with Gasteiger partial charge in [-0.25, -0.2) is 0 Å². The molecule has 1 aromatic rings.